The van der Waals surface area contributed by atoms with Gasteiger partial charge in [-0.1, -0.05) is 36.4 Å². The van der Waals surface area contributed by atoms with Crippen molar-refractivity contribution < 1.29 is 0 Å². The van der Waals surface area contributed by atoms with Gasteiger partial charge in [-0.25, -0.2) is 4.98 Å². The average Bonchev–Trinajstić information content (AvgIpc) is 3.16. The quantitative estimate of drug-likeness (QED) is 0.683. The van der Waals surface area contributed by atoms with Crippen LogP contribution < -0.4 is 0 Å². The summed E-state index contributed by atoms with van der Waals surface area (Å²) in [4.78, 5) is 4.95. The third kappa shape index (κ3) is 1.75. The van der Waals surface area contributed by atoms with E-state index in [2.05, 4.69) is 53.1 Å². The van der Waals surface area contributed by atoms with Gasteiger partial charge in [-0.3, -0.25) is 0 Å². The van der Waals surface area contributed by atoms with Crippen molar-refractivity contribution in [1.82, 2.24) is 9.55 Å². The lowest BCUT2D eigenvalue weighted by Gasteiger charge is -2.16. The molecule has 104 valence electrons. The molecule has 1 saturated carbocycles. The van der Waals surface area contributed by atoms with Gasteiger partial charge >= 0.3 is 0 Å². The van der Waals surface area contributed by atoms with Gasteiger partial charge in [0.05, 0.1) is 11.0 Å². The van der Waals surface area contributed by atoms with Crippen molar-refractivity contribution in [1.29, 1.82) is 0 Å². The number of para-hydroxylation sites is 2. The maximum Gasteiger partial charge on any atom is 0.113 e. The Kier molecular flexibility index (Phi) is 2.31. The predicted octanol–water partition coefficient (Wildman–Crippen LogP) is 4.25. The predicted molar refractivity (Wildman–Crippen MR) is 84.6 cm³/mol. The molecule has 0 N–H and O–H groups in total. The van der Waals surface area contributed by atoms with Gasteiger partial charge < -0.3 is 4.57 Å². The zero-order valence-electron chi connectivity index (χ0n) is 12.0. The highest BCUT2D eigenvalue weighted by Gasteiger charge is 2.33. The van der Waals surface area contributed by atoms with Crippen molar-refractivity contribution in [3.05, 3.63) is 65.5 Å². The van der Waals surface area contributed by atoms with Gasteiger partial charge in [0, 0.05) is 12.0 Å². The van der Waals surface area contributed by atoms with Crippen LogP contribution >= 0.6 is 0 Å². The highest BCUT2D eigenvalue weighted by atomic mass is 15.1. The first-order valence-corrected chi connectivity index (χ1v) is 7.94. The summed E-state index contributed by atoms with van der Waals surface area (Å²) in [7, 11) is 0. The smallest absolute Gasteiger partial charge is 0.113 e. The Morgan fingerprint density at radius 3 is 2.24 bits per heavy atom. The number of nitrogens with zero attached hydrogens (tertiary/aromatic N) is 2. The summed E-state index contributed by atoms with van der Waals surface area (Å²) in [5.74, 6) is 2.02. The van der Waals surface area contributed by atoms with E-state index in [0.29, 0.717) is 12.0 Å². The van der Waals surface area contributed by atoms with Crippen LogP contribution in [-0.2, 0) is 12.8 Å². The van der Waals surface area contributed by atoms with Crippen molar-refractivity contribution in [2.75, 3.05) is 0 Å². The molecule has 5 rings (SSSR count). The second-order valence-corrected chi connectivity index (χ2v) is 6.43. The first-order valence-electron chi connectivity index (χ1n) is 7.94. The zero-order chi connectivity index (χ0) is 13.8. The van der Waals surface area contributed by atoms with Crippen molar-refractivity contribution >= 4 is 11.0 Å². The van der Waals surface area contributed by atoms with Crippen molar-refractivity contribution in [3.63, 3.8) is 0 Å². The summed E-state index contributed by atoms with van der Waals surface area (Å²) in [6, 6.07) is 18.1. The molecule has 21 heavy (non-hydrogen) atoms. The van der Waals surface area contributed by atoms with Crippen LogP contribution in [-0.4, -0.2) is 9.55 Å². The van der Waals surface area contributed by atoms with E-state index in [1.165, 1.54) is 35.3 Å². The molecule has 2 aliphatic rings. The molecular weight excluding hydrogens is 256 g/mol. The van der Waals surface area contributed by atoms with Gasteiger partial charge in [0.15, 0.2) is 0 Å². The van der Waals surface area contributed by atoms with Gasteiger partial charge in [0.25, 0.3) is 0 Å². The number of benzene rings is 2. The third-order valence-electron chi connectivity index (χ3n) is 4.96. The van der Waals surface area contributed by atoms with Crippen LogP contribution in [0.15, 0.2) is 48.5 Å². The van der Waals surface area contributed by atoms with Gasteiger partial charge in [-0.05, 0) is 48.9 Å². The summed E-state index contributed by atoms with van der Waals surface area (Å²) in [5, 5.41) is 0. The highest BCUT2D eigenvalue weighted by molar-refractivity contribution is 5.76. The van der Waals surface area contributed by atoms with E-state index in [1.54, 1.807) is 0 Å². The maximum atomic E-state index is 4.95. The summed E-state index contributed by atoms with van der Waals surface area (Å²) < 4.78 is 2.55. The summed E-state index contributed by atoms with van der Waals surface area (Å²) in [5.41, 5.74) is 5.51. The SMILES string of the molecule is c1ccc2c(c1)CC(n1c(C3CC3)nc3ccccc31)C2. The Labute approximate surface area is 124 Å². The molecule has 2 aromatic carbocycles. The van der Waals surface area contributed by atoms with Gasteiger partial charge in [-0.15, -0.1) is 0 Å². The number of hydrogen-bond donors (Lipinski definition) is 0. The number of imidazole rings is 1. The van der Waals surface area contributed by atoms with Crippen LogP contribution in [0.3, 0.4) is 0 Å². The molecule has 0 radical (unpaired) electrons. The fourth-order valence-corrected chi connectivity index (χ4v) is 3.79. The molecule has 0 saturated heterocycles. The molecule has 2 heteroatoms. The highest BCUT2D eigenvalue weighted by Crippen LogP contribution is 2.43. The van der Waals surface area contributed by atoms with Crippen molar-refractivity contribution in [3.8, 4) is 0 Å². The minimum absolute atomic E-state index is 0.547. The molecule has 0 atom stereocenters. The third-order valence-corrected chi connectivity index (χ3v) is 4.96. The molecule has 1 fully saturated rings. The van der Waals surface area contributed by atoms with Crippen LogP contribution in [0, 0.1) is 0 Å². The normalized spacial score (nSPS) is 18.3. The first-order chi connectivity index (χ1) is 10.4. The van der Waals surface area contributed by atoms with Crippen LogP contribution in [0.25, 0.3) is 11.0 Å². The first kappa shape index (κ1) is 11.6. The number of hydrogen-bond acceptors (Lipinski definition) is 1. The van der Waals surface area contributed by atoms with E-state index >= 15 is 0 Å². The Hall–Kier alpha value is -2.09. The summed E-state index contributed by atoms with van der Waals surface area (Å²) in [6.07, 6.45) is 4.92. The van der Waals surface area contributed by atoms with E-state index in [4.69, 9.17) is 4.98 Å². The molecule has 2 aliphatic carbocycles. The van der Waals surface area contributed by atoms with Crippen LogP contribution in [0.2, 0.25) is 0 Å². The van der Waals surface area contributed by atoms with E-state index in [-0.39, 0.29) is 0 Å². The van der Waals surface area contributed by atoms with Gasteiger partial charge in [0.2, 0.25) is 0 Å². The second-order valence-electron chi connectivity index (χ2n) is 6.43. The molecule has 2 nitrogen and oxygen atoms in total. The minimum Gasteiger partial charge on any atom is -0.324 e. The summed E-state index contributed by atoms with van der Waals surface area (Å²) in [6.45, 7) is 0. The molecule has 0 amide bonds. The standard InChI is InChI=1S/C19H18N2/c1-2-6-15-12-16(11-14(15)5-1)21-18-8-4-3-7-17(18)20-19(21)13-9-10-13/h1-8,13,16H,9-12H2. The zero-order valence-corrected chi connectivity index (χ0v) is 12.0. The lowest BCUT2D eigenvalue weighted by molar-refractivity contribution is 0.521. The number of rotatable bonds is 2. The molecule has 0 aliphatic heterocycles. The molecular formula is C19H18N2. The van der Waals surface area contributed by atoms with E-state index in [9.17, 15) is 0 Å². The van der Waals surface area contributed by atoms with Gasteiger partial charge in [-0.2, -0.15) is 0 Å². The van der Waals surface area contributed by atoms with Crippen LogP contribution in [0.5, 0.6) is 0 Å². The van der Waals surface area contributed by atoms with Crippen LogP contribution in [0.4, 0.5) is 0 Å². The summed E-state index contributed by atoms with van der Waals surface area (Å²) >= 11 is 0. The lowest BCUT2D eigenvalue weighted by atomic mass is 10.1. The molecule has 0 spiro atoms. The van der Waals surface area contributed by atoms with E-state index < -0.39 is 0 Å². The maximum absolute atomic E-state index is 4.95. The lowest BCUT2D eigenvalue weighted by Crippen LogP contribution is -2.12. The second kappa shape index (κ2) is 4.20. The van der Waals surface area contributed by atoms with E-state index in [1.807, 2.05) is 0 Å². The van der Waals surface area contributed by atoms with E-state index in [0.717, 1.165) is 18.4 Å². The Bertz CT molecular complexity index is 801. The van der Waals surface area contributed by atoms with Crippen LogP contribution in [0.1, 0.15) is 41.8 Å². The molecule has 0 bridgehead atoms. The monoisotopic (exact) mass is 274 g/mol. The molecule has 3 aromatic rings. The Morgan fingerprint density at radius 2 is 1.52 bits per heavy atom. The largest absolute Gasteiger partial charge is 0.324 e. The average molecular weight is 274 g/mol. The molecule has 1 aromatic heterocycles. The van der Waals surface area contributed by atoms with Gasteiger partial charge in [0.1, 0.15) is 5.82 Å². The topological polar surface area (TPSA) is 17.8 Å². The number of fused-ring (bicyclic) bond motifs is 2. The molecule has 1 heterocycles. The minimum atomic E-state index is 0.547. The Morgan fingerprint density at radius 1 is 0.857 bits per heavy atom. The Balaban J connectivity index is 1.66. The van der Waals surface area contributed by atoms with Crippen molar-refractivity contribution in [2.45, 2.75) is 37.6 Å². The van der Waals surface area contributed by atoms with Crippen molar-refractivity contribution in [2.24, 2.45) is 0 Å². The fourth-order valence-electron chi connectivity index (χ4n) is 3.79. The molecule has 0 unspecified atom stereocenters. The number of aromatic nitrogens is 2. The fraction of sp³-hybridized carbons (Fsp3) is 0.316.